The Hall–Kier alpha value is -2.45. The van der Waals surface area contributed by atoms with Gasteiger partial charge in [0.2, 0.25) is 5.91 Å². The van der Waals surface area contributed by atoms with E-state index in [2.05, 4.69) is 5.32 Å². The molecule has 2 aliphatic heterocycles. The first-order chi connectivity index (χ1) is 15.4. The van der Waals surface area contributed by atoms with Crippen LogP contribution in [0.25, 0.3) is 0 Å². The lowest BCUT2D eigenvalue weighted by Crippen LogP contribution is -2.39. The van der Waals surface area contributed by atoms with Crippen molar-refractivity contribution in [3.05, 3.63) is 71.0 Å². The van der Waals surface area contributed by atoms with E-state index in [1.807, 2.05) is 11.8 Å². The van der Waals surface area contributed by atoms with Crippen molar-refractivity contribution in [3.8, 4) is 0 Å². The number of carbonyl (C=O) groups excluding carboxylic acids is 1. The van der Waals surface area contributed by atoms with Crippen LogP contribution in [-0.2, 0) is 15.8 Å². The van der Waals surface area contributed by atoms with Crippen LogP contribution in [-0.4, -0.2) is 48.3 Å². The van der Waals surface area contributed by atoms with Gasteiger partial charge in [-0.1, -0.05) is 43.3 Å². The molecule has 4 atom stereocenters. The van der Waals surface area contributed by atoms with E-state index in [4.69, 9.17) is 0 Å². The highest BCUT2D eigenvalue weighted by Gasteiger charge is 2.51. The van der Waals surface area contributed by atoms with Gasteiger partial charge in [-0.3, -0.25) is 4.79 Å². The maximum atomic E-state index is 13.6. The fraction of sp³-hybridized carbons (Fsp3) is 0.480. The van der Waals surface area contributed by atoms with E-state index in [-0.39, 0.29) is 29.1 Å². The van der Waals surface area contributed by atoms with E-state index in [9.17, 15) is 27.5 Å². The lowest BCUT2D eigenvalue weighted by atomic mass is 9.71. The Labute approximate surface area is 190 Å². The molecule has 8 heteroatoms. The van der Waals surface area contributed by atoms with Crippen molar-refractivity contribution in [3.63, 3.8) is 0 Å². The summed E-state index contributed by atoms with van der Waals surface area (Å²) in [5.41, 5.74) is -2.13. The molecule has 0 bridgehead atoms. The van der Waals surface area contributed by atoms with Gasteiger partial charge in [-0.2, -0.15) is 13.2 Å². The molecule has 2 unspecified atom stereocenters. The van der Waals surface area contributed by atoms with Crippen molar-refractivity contribution in [1.29, 1.82) is 0 Å². The monoisotopic (exact) mass is 464 g/mol. The predicted molar refractivity (Wildman–Crippen MR) is 116 cm³/mol. The number of carbonyl (C=O) groups is 1. The number of nitrogens with zero attached hydrogens (tertiary/aromatic N) is 1. The smallest absolute Gasteiger partial charge is 0.376 e. The molecule has 2 aromatic carbocycles. The van der Waals surface area contributed by atoms with Crippen molar-refractivity contribution >= 4 is 5.91 Å². The Kier molecular flexibility index (Phi) is 6.03. The zero-order valence-corrected chi connectivity index (χ0v) is 18.6. The van der Waals surface area contributed by atoms with Crippen LogP contribution in [0.3, 0.4) is 0 Å². The van der Waals surface area contributed by atoms with Gasteiger partial charge in [0.25, 0.3) is 0 Å². The number of halogens is 4. The SMILES string of the molecule is CC(O)(c1ccc([C@@H]2CN(C(=O)C3CCNC3)C[C@]2(C)c2ccc(F)cc2)cc1)C(F)(F)F. The Balaban J connectivity index is 1.69. The fourth-order valence-corrected chi connectivity index (χ4v) is 5.08. The second kappa shape index (κ2) is 8.40. The van der Waals surface area contributed by atoms with Gasteiger partial charge in [-0.25, -0.2) is 4.39 Å². The maximum Gasteiger partial charge on any atom is 0.421 e. The summed E-state index contributed by atoms with van der Waals surface area (Å²) in [6.07, 6.45) is -4.03. The van der Waals surface area contributed by atoms with E-state index >= 15 is 0 Å². The van der Waals surface area contributed by atoms with E-state index in [0.29, 0.717) is 19.6 Å². The predicted octanol–water partition coefficient (Wildman–Crippen LogP) is 4.09. The Morgan fingerprint density at radius 3 is 2.30 bits per heavy atom. The summed E-state index contributed by atoms with van der Waals surface area (Å²) in [6, 6.07) is 11.9. The van der Waals surface area contributed by atoms with Crippen molar-refractivity contribution in [2.45, 2.75) is 43.4 Å². The molecule has 178 valence electrons. The van der Waals surface area contributed by atoms with E-state index in [1.165, 1.54) is 24.3 Å². The van der Waals surface area contributed by atoms with Gasteiger partial charge in [-0.05, 0) is 48.7 Å². The molecule has 2 aromatic rings. The van der Waals surface area contributed by atoms with E-state index in [0.717, 1.165) is 31.0 Å². The average molecular weight is 465 g/mol. The maximum absolute atomic E-state index is 13.6. The minimum Gasteiger partial charge on any atom is -0.376 e. The molecule has 0 radical (unpaired) electrons. The third-order valence-electron chi connectivity index (χ3n) is 7.34. The van der Waals surface area contributed by atoms with Crippen LogP contribution < -0.4 is 5.32 Å². The second-order valence-electron chi connectivity index (χ2n) is 9.58. The second-order valence-corrected chi connectivity index (χ2v) is 9.58. The highest BCUT2D eigenvalue weighted by atomic mass is 19.4. The van der Waals surface area contributed by atoms with Crippen LogP contribution in [0.4, 0.5) is 17.6 Å². The average Bonchev–Trinajstić information content (AvgIpc) is 3.42. The summed E-state index contributed by atoms with van der Waals surface area (Å²) in [7, 11) is 0. The Bertz CT molecular complexity index is 999. The molecule has 1 amide bonds. The number of aliphatic hydroxyl groups is 1. The van der Waals surface area contributed by atoms with Crippen LogP contribution in [0.1, 0.15) is 42.9 Å². The molecular formula is C25H28F4N2O2. The molecule has 0 aliphatic carbocycles. The first kappa shape index (κ1) is 23.7. The standard InChI is InChI=1S/C25H28F4N2O2/c1-23(18-7-9-20(26)10-8-18)15-31(22(32)17-11-12-30-13-17)14-21(23)16-3-5-19(6-4-16)24(2,33)25(27,28)29/h3-10,17,21,30,33H,11-15H2,1-2H3/t17?,21-,23+,24?/m0/s1. The van der Waals surface area contributed by atoms with Crippen molar-refractivity contribution in [2.75, 3.05) is 26.2 Å². The molecule has 4 rings (SSSR count). The van der Waals surface area contributed by atoms with Gasteiger partial charge in [0.15, 0.2) is 5.60 Å². The molecule has 0 spiro atoms. The summed E-state index contributed by atoms with van der Waals surface area (Å²) < 4.78 is 53.4. The summed E-state index contributed by atoms with van der Waals surface area (Å²) in [6.45, 7) is 5.01. The Morgan fingerprint density at radius 2 is 1.76 bits per heavy atom. The molecule has 2 N–H and O–H groups in total. The molecule has 0 saturated carbocycles. The van der Waals surface area contributed by atoms with Gasteiger partial charge in [0, 0.05) is 31.0 Å². The first-order valence-corrected chi connectivity index (χ1v) is 11.1. The number of hydrogen-bond acceptors (Lipinski definition) is 3. The number of hydrogen-bond donors (Lipinski definition) is 2. The van der Waals surface area contributed by atoms with Gasteiger partial charge in [0.05, 0.1) is 5.92 Å². The number of alkyl halides is 3. The summed E-state index contributed by atoms with van der Waals surface area (Å²) in [5.74, 6) is -0.593. The van der Waals surface area contributed by atoms with Gasteiger partial charge >= 0.3 is 6.18 Å². The zero-order chi connectivity index (χ0) is 24.0. The van der Waals surface area contributed by atoms with Crippen LogP contribution >= 0.6 is 0 Å². The molecular weight excluding hydrogens is 436 g/mol. The van der Waals surface area contributed by atoms with Crippen molar-refractivity contribution in [1.82, 2.24) is 10.2 Å². The van der Waals surface area contributed by atoms with Crippen LogP contribution in [0.15, 0.2) is 48.5 Å². The fourth-order valence-electron chi connectivity index (χ4n) is 5.08. The highest BCUT2D eigenvalue weighted by Crippen LogP contribution is 2.46. The largest absolute Gasteiger partial charge is 0.421 e. The topological polar surface area (TPSA) is 52.6 Å². The lowest BCUT2D eigenvalue weighted by Gasteiger charge is -2.32. The van der Waals surface area contributed by atoms with E-state index in [1.54, 1.807) is 24.3 Å². The van der Waals surface area contributed by atoms with Crippen LogP contribution in [0.5, 0.6) is 0 Å². The third kappa shape index (κ3) is 4.26. The van der Waals surface area contributed by atoms with Gasteiger partial charge in [0.1, 0.15) is 5.82 Å². The summed E-state index contributed by atoms with van der Waals surface area (Å²) in [5, 5.41) is 13.2. The van der Waals surface area contributed by atoms with Gasteiger partial charge in [-0.15, -0.1) is 0 Å². The molecule has 2 fully saturated rings. The van der Waals surface area contributed by atoms with Crippen molar-refractivity contribution in [2.24, 2.45) is 5.92 Å². The molecule has 2 heterocycles. The number of nitrogens with one attached hydrogen (secondary N) is 1. The number of amides is 1. The normalized spacial score (nSPS) is 27.5. The third-order valence-corrected chi connectivity index (χ3v) is 7.34. The molecule has 33 heavy (non-hydrogen) atoms. The summed E-state index contributed by atoms with van der Waals surface area (Å²) >= 11 is 0. The minimum atomic E-state index is -4.80. The van der Waals surface area contributed by atoms with Gasteiger partial charge < -0.3 is 15.3 Å². The molecule has 0 aromatic heterocycles. The van der Waals surface area contributed by atoms with Crippen LogP contribution in [0, 0.1) is 11.7 Å². The van der Waals surface area contributed by atoms with Crippen LogP contribution in [0.2, 0.25) is 0 Å². The first-order valence-electron chi connectivity index (χ1n) is 11.1. The number of benzene rings is 2. The molecule has 2 aliphatic rings. The minimum absolute atomic E-state index is 0.0625. The van der Waals surface area contributed by atoms with E-state index < -0.39 is 17.2 Å². The quantitative estimate of drug-likeness (QED) is 0.671. The van der Waals surface area contributed by atoms with Crippen molar-refractivity contribution < 1.29 is 27.5 Å². The number of rotatable bonds is 4. The zero-order valence-electron chi connectivity index (χ0n) is 18.6. The molecule has 4 nitrogen and oxygen atoms in total. The molecule has 2 saturated heterocycles. The summed E-state index contributed by atoms with van der Waals surface area (Å²) in [4.78, 5) is 15.0. The number of likely N-dealkylation sites (tertiary alicyclic amines) is 1. The lowest BCUT2D eigenvalue weighted by molar-refractivity contribution is -0.258. The Morgan fingerprint density at radius 1 is 1.12 bits per heavy atom. The highest BCUT2D eigenvalue weighted by molar-refractivity contribution is 5.80.